The maximum absolute atomic E-state index is 4.70. The zero-order chi connectivity index (χ0) is 14.1. The third-order valence-electron chi connectivity index (χ3n) is 3.07. The molecule has 0 aliphatic rings. The van der Waals surface area contributed by atoms with Gasteiger partial charge in [0, 0.05) is 28.3 Å². The van der Waals surface area contributed by atoms with Crippen molar-refractivity contribution >= 4 is 40.0 Å². The number of nitrogens with zero attached hydrogens (tertiary/aromatic N) is 3. The van der Waals surface area contributed by atoms with Crippen LogP contribution in [0.25, 0.3) is 16.1 Å². The predicted octanol–water partition coefficient (Wildman–Crippen LogP) is 4.81. The van der Waals surface area contributed by atoms with Gasteiger partial charge in [-0.25, -0.2) is 9.97 Å². The lowest BCUT2D eigenvalue weighted by molar-refractivity contribution is 0.956. The number of pyridine rings is 1. The van der Waals surface area contributed by atoms with Crippen molar-refractivity contribution in [3.8, 4) is 10.6 Å². The van der Waals surface area contributed by atoms with Crippen molar-refractivity contribution in [2.75, 3.05) is 0 Å². The van der Waals surface area contributed by atoms with E-state index in [0.29, 0.717) is 0 Å². The van der Waals surface area contributed by atoms with Crippen LogP contribution in [-0.2, 0) is 5.75 Å². The van der Waals surface area contributed by atoms with E-state index in [1.165, 1.54) is 5.56 Å². The van der Waals surface area contributed by atoms with Crippen molar-refractivity contribution in [3.05, 3.63) is 58.5 Å². The number of rotatable bonds is 4. The van der Waals surface area contributed by atoms with Crippen LogP contribution in [0.2, 0.25) is 0 Å². The first-order chi connectivity index (χ1) is 10.4. The van der Waals surface area contributed by atoms with Crippen molar-refractivity contribution < 1.29 is 0 Å². The third-order valence-corrected chi connectivity index (χ3v) is 5.70. The summed E-state index contributed by atoms with van der Waals surface area (Å²) in [6.07, 6.45) is 3.95. The van der Waals surface area contributed by atoms with Crippen LogP contribution < -0.4 is 0 Å². The van der Waals surface area contributed by atoms with Gasteiger partial charge in [-0.2, -0.15) is 11.3 Å². The molecule has 0 saturated heterocycles. The SMILES string of the molecule is c1ccn2c(SCc3csc(-c4ccsc4)n3)ncc2c1. The molecule has 0 aliphatic carbocycles. The molecule has 6 heteroatoms. The van der Waals surface area contributed by atoms with Gasteiger partial charge in [0.05, 0.1) is 17.4 Å². The highest BCUT2D eigenvalue weighted by molar-refractivity contribution is 7.98. The van der Waals surface area contributed by atoms with E-state index in [-0.39, 0.29) is 0 Å². The summed E-state index contributed by atoms with van der Waals surface area (Å²) in [6.45, 7) is 0. The zero-order valence-electron chi connectivity index (χ0n) is 11.0. The highest BCUT2D eigenvalue weighted by atomic mass is 32.2. The standard InChI is InChI=1S/C15H11N3S3/c1-2-5-18-13(3-1)7-16-15(18)21-10-12-9-20-14(17-12)11-4-6-19-8-11/h1-9H,10H2. The summed E-state index contributed by atoms with van der Waals surface area (Å²) in [5.74, 6) is 0.842. The molecule has 104 valence electrons. The summed E-state index contributed by atoms with van der Waals surface area (Å²) in [4.78, 5) is 9.17. The summed E-state index contributed by atoms with van der Waals surface area (Å²) in [6, 6.07) is 8.23. The Morgan fingerprint density at radius 3 is 3.10 bits per heavy atom. The smallest absolute Gasteiger partial charge is 0.172 e. The fourth-order valence-electron chi connectivity index (χ4n) is 2.06. The van der Waals surface area contributed by atoms with Crippen molar-refractivity contribution in [1.29, 1.82) is 0 Å². The summed E-state index contributed by atoms with van der Waals surface area (Å²) < 4.78 is 2.11. The molecule has 0 N–H and O–H groups in total. The fourth-order valence-corrected chi connectivity index (χ4v) is 4.55. The first-order valence-electron chi connectivity index (χ1n) is 6.42. The van der Waals surface area contributed by atoms with Crippen LogP contribution in [0.4, 0.5) is 0 Å². The number of thiophene rings is 1. The molecule has 4 aromatic rings. The topological polar surface area (TPSA) is 30.2 Å². The Kier molecular flexibility index (Phi) is 3.50. The number of fused-ring (bicyclic) bond motifs is 1. The van der Waals surface area contributed by atoms with Gasteiger partial charge in [-0.05, 0) is 23.6 Å². The average molecular weight is 329 g/mol. The molecule has 0 aromatic carbocycles. The van der Waals surface area contributed by atoms with E-state index >= 15 is 0 Å². The summed E-state index contributed by atoms with van der Waals surface area (Å²) in [7, 11) is 0. The van der Waals surface area contributed by atoms with Crippen molar-refractivity contribution in [2.24, 2.45) is 0 Å². The third kappa shape index (κ3) is 2.62. The number of hydrogen-bond donors (Lipinski definition) is 0. The van der Waals surface area contributed by atoms with E-state index in [1.807, 2.05) is 24.5 Å². The second-order valence-electron chi connectivity index (χ2n) is 4.48. The highest BCUT2D eigenvalue weighted by Crippen LogP contribution is 2.28. The first kappa shape index (κ1) is 13.1. The maximum Gasteiger partial charge on any atom is 0.172 e. The number of imidazole rings is 1. The first-order valence-corrected chi connectivity index (χ1v) is 9.23. The highest BCUT2D eigenvalue weighted by Gasteiger charge is 2.08. The summed E-state index contributed by atoms with van der Waals surface area (Å²) in [5, 5.41) is 8.46. The minimum atomic E-state index is 0.842. The molecule has 21 heavy (non-hydrogen) atoms. The molecule has 4 rings (SSSR count). The lowest BCUT2D eigenvalue weighted by Crippen LogP contribution is -1.87. The van der Waals surface area contributed by atoms with Gasteiger partial charge in [-0.15, -0.1) is 11.3 Å². The summed E-state index contributed by atoms with van der Waals surface area (Å²) >= 11 is 5.13. The van der Waals surface area contributed by atoms with Crippen LogP contribution in [0.1, 0.15) is 5.69 Å². The van der Waals surface area contributed by atoms with Gasteiger partial charge in [-0.3, -0.25) is 4.40 Å². The Morgan fingerprint density at radius 1 is 1.19 bits per heavy atom. The van der Waals surface area contributed by atoms with Gasteiger partial charge in [0.2, 0.25) is 0 Å². The van der Waals surface area contributed by atoms with Crippen LogP contribution in [0.3, 0.4) is 0 Å². The molecule has 0 amide bonds. The molecule has 3 nitrogen and oxygen atoms in total. The van der Waals surface area contributed by atoms with Crippen LogP contribution in [0, 0.1) is 0 Å². The normalized spacial score (nSPS) is 11.2. The van der Waals surface area contributed by atoms with Crippen LogP contribution in [0.15, 0.2) is 58.0 Å². The zero-order valence-corrected chi connectivity index (χ0v) is 13.4. The number of thiazole rings is 1. The predicted molar refractivity (Wildman–Crippen MR) is 90.2 cm³/mol. The molecule has 0 atom stereocenters. The lowest BCUT2D eigenvalue weighted by Gasteiger charge is -1.99. The van der Waals surface area contributed by atoms with E-state index in [4.69, 9.17) is 4.98 Å². The fraction of sp³-hybridized carbons (Fsp3) is 0.0667. The Balaban J connectivity index is 1.52. The van der Waals surface area contributed by atoms with E-state index in [2.05, 4.69) is 37.7 Å². The van der Waals surface area contributed by atoms with Gasteiger partial charge in [0.25, 0.3) is 0 Å². The molecule has 0 saturated carbocycles. The van der Waals surface area contributed by atoms with Gasteiger partial charge in [-0.1, -0.05) is 17.8 Å². The number of aromatic nitrogens is 3. The molecule has 0 radical (unpaired) electrons. The van der Waals surface area contributed by atoms with Crippen LogP contribution in [-0.4, -0.2) is 14.4 Å². The van der Waals surface area contributed by atoms with Gasteiger partial charge >= 0.3 is 0 Å². The minimum Gasteiger partial charge on any atom is -0.295 e. The minimum absolute atomic E-state index is 0.842. The second kappa shape index (κ2) is 5.63. The Bertz CT molecular complexity index is 861. The van der Waals surface area contributed by atoms with Crippen LogP contribution in [0.5, 0.6) is 0 Å². The molecule has 4 heterocycles. The van der Waals surface area contributed by atoms with E-state index in [9.17, 15) is 0 Å². The Hall–Kier alpha value is -1.63. The molecule has 0 spiro atoms. The Morgan fingerprint density at radius 2 is 2.19 bits per heavy atom. The number of hydrogen-bond acceptors (Lipinski definition) is 5. The quantitative estimate of drug-likeness (QED) is 0.503. The number of thioether (sulfide) groups is 1. The largest absolute Gasteiger partial charge is 0.295 e. The Labute approximate surface area is 134 Å². The molecule has 0 bridgehead atoms. The molecule has 0 unspecified atom stereocenters. The van der Waals surface area contributed by atoms with E-state index < -0.39 is 0 Å². The average Bonchev–Trinajstić information content (AvgIpc) is 3.25. The van der Waals surface area contributed by atoms with E-state index in [0.717, 1.165) is 27.1 Å². The molecule has 0 fully saturated rings. The van der Waals surface area contributed by atoms with Crippen molar-refractivity contribution in [3.63, 3.8) is 0 Å². The molecular formula is C15H11N3S3. The van der Waals surface area contributed by atoms with Crippen molar-refractivity contribution in [1.82, 2.24) is 14.4 Å². The molecular weight excluding hydrogens is 318 g/mol. The summed E-state index contributed by atoms with van der Waals surface area (Å²) in [5.41, 5.74) is 3.45. The monoisotopic (exact) mass is 329 g/mol. The maximum atomic E-state index is 4.70. The van der Waals surface area contributed by atoms with E-state index in [1.54, 1.807) is 34.4 Å². The lowest BCUT2D eigenvalue weighted by atomic mass is 10.4. The van der Waals surface area contributed by atoms with Gasteiger partial charge < -0.3 is 0 Å². The molecule has 4 aromatic heterocycles. The van der Waals surface area contributed by atoms with Crippen molar-refractivity contribution in [2.45, 2.75) is 10.9 Å². The second-order valence-corrected chi connectivity index (χ2v) is 7.06. The van der Waals surface area contributed by atoms with Crippen LogP contribution >= 0.6 is 34.4 Å². The molecule has 0 aliphatic heterocycles. The van der Waals surface area contributed by atoms with Gasteiger partial charge in [0.1, 0.15) is 5.01 Å². The van der Waals surface area contributed by atoms with Gasteiger partial charge in [0.15, 0.2) is 5.16 Å².